The lowest BCUT2D eigenvalue weighted by Crippen LogP contribution is -1.99. The molecule has 1 heteroatoms. The van der Waals surface area contributed by atoms with Crippen LogP contribution in [0.5, 0.6) is 0 Å². The summed E-state index contributed by atoms with van der Waals surface area (Å²) < 4.78 is 0. The number of hydrogen-bond acceptors (Lipinski definition) is 1. The van der Waals surface area contributed by atoms with Crippen LogP contribution in [0.15, 0.2) is 28.8 Å². The Labute approximate surface area is 96.2 Å². The van der Waals surface area contributed by atoms with E-state index in [4.69, 9.17) is 0 Å². The van der Waals surface area contributed by atoms with E-state index in [1.165, 1.54) is 33.5 Å². The Morgan fingerprint density at radius 2 is 2.00 bits per heavy atom. The highest BCUT2D eigenvalue weighted by Gasteiger charge is 2.17. The molecule has 1 aliphatic carbocycles. The number of aryl methyl sites for hydroxylation is 1. The lowest BCUT2D eigenvalue weighted by Gasteiger charge is -2.15. The Balaban J connectivity index is 2.35. The van der Waals surface area contributed by atoms with Crippen LogP contribution < -0.4 is 0 Å². The second-order valence-electron chi connectivity index (χ2n) is 4.53. The quantitative estimate of drug-likeness (QED) is 0.614. The van der Waals surface area contributed by atoms with Gasteiger partial charge in [0.15, 0.2) is 0 Å². The first-order chi connectivity index (χ1) is 7.77. The van der Waals surface area contributed by atoms with Crippen molar-refractivity contribution in [1.29, 1.82) is 0 Å². The standard InChI is InChI=1S/C15H15N/c1-10-5-6-12-7-8-13-4-3-9-16-15(13)14(10)11(12)2/h5-9H,3-4H2,1-2H3. The van der Waals surface area contributed by atoms with Crippen molar-refractivity contribution < 1.29 is 0 Å². The lowest BCUT2D eigenvalue weighted by atomic mass is 9.94. The van der Waals surface area contributed by atoms with Gasteiger partial charge in [0, 0.05) is 11.8 Å². The predicted octanol–water partition coefficient (Wildman–Crippen LogP) is 3.91. The average molecular weight is 209 g/mol. The van der Waals surface area contributed by atoms with Crippen molar-refractivity contribution in [3.8, 4) is 0 Å². The molecule has 0 atom stereocenters. The van der Waals surface area contributed by atoms with Gasteiger partial charge < -0.3 is 0 Å². The van der Waals surface area contributed by atoms with Crippen LogP contribution in [0.3, 0.4) is 0 Å². The molecule has 0 radical (unpaired) electrons. The van der Waals surface area contributed by atoms with Crippen LogP contribution in [-0.4, -0.2) is 6.21 Å². The van der Waals surface area contributed by atoms with Crippen molar-refractivity contribution >= 4 is 18.0 Å². The Morgan fingerprint density at radius 3 is 2.88 bits per heavy atom. The number of allylic oxidation sites excluding steroid dienone is 2. The highest BCUT2D eigenvalue weighted by atomic mass is 14.7. The summed E-state index contributed by atoms with van der Waals surface area (Å²) in [6.07, 6.45) is 8.69. The first-order valence-corrected chi connectivity index (χ1v) is 5.81. The van der Waals surface area contributed by atoms with E-state index in [-0.39, 0.29) is 0 Å². The molecular formula is C15H15N. The number of benzene rings is 1. The zero-order valence-corrected chi connectivity index (χ0v) is 9.75. The van der Waals surface area contributed by atoms with Gasteiger partial charge in [-0.25, -0.2) is 0 Å². The molecule has 3 rings (SSSR count). The minimum Gasteiger partial charge on any atom is -0.260 e. The minimum atomic E-state index is 1.07. The Hall–Kier alpha value is -1.63. The smallest absolute Gasteiger partial charge is 0.0735 e. The molecule has 2 aliphatic rings. The molecule has 80 valence electrons. The molecule has 0 saturated heterocycles. The third-order valence-electron chi connectivity index (χ3n) is 3.48. The van der Waals surface area contributed by atoms with E-state index in [2.05, 4.69) is 43.1 Å². The summed E-state index contributed by atoms with van der Waals surface area (Å²) in [6, 6.07) is 4.40. The summed E-state index contributed by atoms with van der Waals surface area (Å²) in [4.78, 5) is 4.61. The number of nitrogens with zero attached hydrogens (tertiary/aromatic N) is 1. The van der Waals surface area contributed by atoms with Gasteiger partial charge in [-0.15, -0.1) is 0 Å². The van der Waals surface area contributed by atoms with E-state index in [9.17, 15) is 0 Å². The maximum absolute atomic E-state index is 4.61. The molecule has 1 aromatic carbocycles. The molecule has 16 heavy (non-hydrogen) atoms. The Morgan fingerprint density at radius 1 is 1.12 bits per heavy atom. The topological polar surface area (TPSA) is 12.4 Å². The number of fused-ring (bicyclic) bond motifs is 3. The zero-order chi connectivity index (χ0) is 11.1. The number of rotatable bonds is 0. The van der Waals surface area contributed by atoms with Crippen LogP contribution >= 0.6 is 0 Å². The molecule has 0 spiro atoms. The fraction of sp³-hybridized carbons (Fsp3) is 0.267. The summed E-state index contributed by atoms with van der Waals surface area (Å²) in [5.41, 5.74) is 7.93. The second-order valence-corrected chi connectivity index (χ2v) is 4.53. The first-order valence-electron chi connectivity index (χ1n) is 5.81. The van der Waals surface area contributed by atoms with Crippen molar-refractivity contribution in [1.82, 2.24) is 0 Å². The van der Waals surface area contributed by atoms with Gasteiger partial charge in [0.2, 0.25) is 0 Å². The molecule has 1 nitrogen and oxygen atoms in total. The van der Waals surface area contributed by atoms with Crippen LogP contribution in [0.2, 0.25) is 0 Å². The molecule has 1 aliphatic heterocycles. The van der Waals surface area contributed by atoms with Crippen LogP contribution in [-0.2, 0) is 0 Å². The van der Waals surface area contributed by atoms with Gasteiger partial charge in [-0.05, 0) is 49.0 Å². The summed E-state index contributed by atoms with van der Waals surface area (Å²) in [7, 11) is 0. The number of hydrogen-bond donors (Lipinski definition) is 0. The number of aliphatic imine (C=N–C) groups is 1. The van der Waals surface area contributed by atoms with Gasteiger partial charge >= 0.3 is 0 Å². The molecule has 0 fully saturated rings. The predicted molar refractivity (Wildman–Crippen MR) is 69.6 cm³/mol. The Kier molecular flexibility index (Phi) is 2.06. The van der Waals surface area contributed by atoms with Crippen molar-refractivity contribution in [2.75, 3.05) is 0 Å². The second kappa shape index (κ2) is 3.44. The largest absolute Gasteiger partial charge is 0.260 e. The van der Waals surface area contributed by atoms with E-state index in [1.807, 2.05) is 6.21 Å². The van der Waals surface area contributed by atoms with Gasteiger partial charge in [-0.1, -0.05) is 24.3 Å². The first kappa shape index (κ1) is 9.59. The fourth-order valence-electron chi connectivity index (χ4n) is 2.56. The SMILES string of the molecule is Cc1ccc2c(C)c1C1=C(C=C2)CCC=N1. The molecule has 0 aromatic heterocycles. The van der Waals surface area contributed by atoms with Crippen molar-refractivity contribution in [2.45, 2.75) is 26.7 Å². The monoisotopic (exact) mass is 209 g/mol. The summed E-state index contributed by atoms with van der Waals surface area (Å²) in [6.45, 7) is 4.37. The Bertz CT molecular complexity index is 545. The molecule has 0 N–H and O–H groups in total. The fourth-order valence-corrected chi connectivity index (χ4v) is 2.56. The summed E-state index contributed by atoms with van der Waals surface area (Å²) in [5, 5.41) is 0. The highest BCUT2D eigenvalue weighted by Crippen LogP contribution is 2.35. The highest BCUT2D eigenvalue weighted by molar-refractivity contribution is 5.86. The van der Waals surface area contributed by atoms with Crippen LogP contribution in [0.4, 0.5) is 0 Å². The van der Waals surface area contributed by atoms with Crippen molar-refractivity contribution in [2.24, 2.45) is 4.99 Å². The lowest BCUT2D eigenvalue weighted by molar-refractivity contribution is 1.04. The molecule has 1 heterocycles. The van der Waals surface area contributed by atoms with E-state index in [1.54, 1.807) is 0 Å². The van der Waals surface area contributed by atoms with Gasteiger partial charge in [-0.2, -0.15) is 0 Å². The average Bonchev–Trinajstić information content (AvgIpc) is 2.37. The van der Waals surface area contributed by atoms with E-state index >= 15 is 0 Å². The molecule has 2 bridgehead atoms. The van der Waals surface area contributed by atoms with Gasteiger partial charge in [0.25, 0.3) is 0 Å². The maximum atomic E-state index is 4.61. The van der Waals surface area contributed by atoms with Crippen molar-refractivity contribution in [3.63, 3.8) is 0 Å². The normalized spacial score (nSPS) is 17.4. The van der Waals surface area contributed by atoms with Crippen molar-refractivity contribution in [3.05, 3.63) is 46.0 Å². The molecular weight excluding hydrogens is 194 g/mol. The molecule has 0 amide bonds. The van der Waals surface area contributed by atoms with Gasteiger partial charge in [-0.3, -0.25) is 4.99 Å². The van der Waals surface area contributed by atoms with Gasteiger partial charge in [0.1, 0.15) is 0 Å². The van der Waals surface area contributed by atoms with Crippen LogP contribution in [0.1, 0.15) is 35.1 Å². The zero-order valence-electron chi connectivity index (χ0n) is 9.75. The van der Waals surface area contributed by atoms with E-state index in [0.29, 0.717) is 0 Å². The van der Waals surface area contributed by atoms with Crippen LogP contribution in [0, 0.1) is 13.8 Å². The van der Waals surface area contributed by atoms with E-state index < -0.39 is 0 Å². The van der Waals surface area contributed by atoms with E-state index in [0.717, 1.165) is 12.8 Å². The third-order valence-corrected chi connectivity index (χ3v) is 3.48. The maximum Gasteiger partial charge on any atom is 0.0735 e. The third kappa shape index (κ3) is 1.28. The summed E-state index contributed by atoms with van der Waals surface area (Å²) in [5.74, 6) is 0. The molecule has 0 saturated carbocycles. The minimum absolute atomic E-state index is 1.07. The van der Waals surface area contributed by atoms with Gasteiger partial charge in [0.05, 0.1) is 5.70 Å². The van der Waals surface area contributed by atoms with Crippen LogP contribution in [0.25, 0.3) is 11.8 Å². The molecule has 1 aromatic rings. The summed E-state index contributed by atoms with van der Waals surface area (Å²) >= 11 is 0. The molecule has 0 unspecified atom stereocenters.